The van der Waals surface area contributed by atoms with E-state index in [0.29, 0.717) is 22.1 Å². The van der Waals surface area contributed by atoms with Crippen LogP contribution >= 0.6 is 27.5 Å². The van der Waals surface area contributed by atoms with E-state index in [9.17, 15) is 4.39 Å². The zero-order valence-electron chi connectivity index (χ0n) is 15.9. The van der Waals surface area contributed by atoms with Crippen molar-refractivity contribution in [3.05, 3.63) is 56.8 Å². The number of benzene rings is 2. The summed E-state index contributed by atoms with van der Waals surface area (Å²) in [5.41, 5.74) is 1.83. The molecule has 7 heteroatoms. The Labute approximate surface area is 178 Å². The van der Waals surface area contributed by atoms with Gasteiger partial charge in [-0.15, -0.1) is 0 Å². The first-order valence-corrected chi connectivity index (χ1v) is 10.6. The normalized spacial score (nSPS) is 14.9. The number of hydrogen-bond donors (Lipinski definition) is 2. The molecule has 3 rings (SSSR count). The van der Waals surface area contributed by atoms with Gasteiger partial charge in [-0.1, -0.05) is 17.7 Å². The van der Waals surface area contributed by atoms with E-state index in [1.165, 1.54) is 25.0 Å². The van der Waals surface area contributed by atoms with Crippen molar-refractivity contribution < 1.29 is 13.9 Å². The van der Waals surface area contributed by atoms with Crippen LogP contribution in [0.1, 0.15) is 24.0 Å². The number of nitrogens with one attached hydrogen (secondary N) is 2. The summed E-state index contributed by atoms with van der Waals surface area (Å²) in [7, 11) is 1.62. The Kier molecular flexibility index (Phi) is 7.97. The Morgan fingerprint density at radius 2 is 2.04 bits per heavy atom. The van der Waals surface area contributed by atoms with Crippen LogP contribution in [0.2, 0.25) is 5.02 Å². The SMILES string of the molecule is COc1cc(CNCC2CCNCC2)cc(Br)c1OCc1ccc(F)cc1Cl. The molecule has 0 radical (unpaired) electrons. The lowest BCUT2D eigenvalue weighted by molar-refractivity contribution is 0.282. The van der Waals surface area contributed by atoms with Crippen molar-refractivity contribution in [2.75, 3.05) is 26.7 Å². The maximum Gasteiger partial charge on any atom is 0.175 e. The summed E-state index contributed by atoms with van der Waals surface area (Å²) in [5.74, 6) is 1.61. The lowest BCUT2D eigenvalue weighted by Crippen LogP contribution is -2.33. The van der Waals surface area contributed by atoms with Crippen molar-refractivity contribution in [2.24, 2.45) is 5.92 Å². The molecule has 0 atom stereocenters. The lowest BCUT2D eigenvalue weighted by atomic mass is 9.98. The first-order chi connectivity index (χ1) is 13.6. The number of rotatable bonds is 8. The molecular formula is C21H25BrClFN2O2. The molecule has 0 spiro atoms. The molecule has 1 aliphatic heterocycles. The predicted molar refractivity (Wildman–Crippen MR) is 114 cm³/mol. The summed E-state index contributed by atoms with van der Waals surface area (Å²) in [5, 5.41) is 7.27. The van der Waals surface area contributed by atoms with E-state index in [4.69, 9.17) is 21.1 Å². The molecule has 2 aromatic carbocycles. The van der Waals surface area contributed by atoms with E-state index in [0.717, 1.165) is 42.1 Å². The van der Waals surface area contributed by atoms with Crippen LogP contribution in [0, 0.1) is 11.7 Å². The first-order valence-electron chi connectivity index (χ1n) is 9.41. The summed E-state index contributed by atoms with van der Waals surface area (Å²) in [4.78, 5) is 0. The summed E-state index contributed by atoms with van der Waals surface area (Å²) in [6.45, 7) is 4.22. The van der Waals surface area contributed by atoms with Gasteiger partial charge in [0.1, 0.15) is 12.4 Å². The van der Waals surface area contributed by atoms with Crippen molar-refractivity contribution in [2.45, 2.75) is 26.0 Å². The fraction of sp³-hybridized carbons (Fsp3) is 0.429. The average molecular weight is 472 g/mol. The van der Waals surface area contributed by atoms with Crippen molar-refractivity contribution in [3.63, 3.8) is 0 Å². The highest BCUT2D eigenvalue weighted by molar-refractivity contribution is 9.10. The quantitative estimate of drug-likeness (QED) is 0.574. The minimum Gasteiger partial charge on any atom is -0.493 e. The van der Waals surface area contributed by atoms with E-state index < -0.39 is 0 Å². The summed E-state index contributed by atoms with van der Waals surface area (Å²) in [6, 6.07) is 8.27. The van der Waals surface area contributed by atoms with E-state index in [-0.39, 0.29) is 12.4 Å². The molecule has 0 aliphatic carbocycles. The van der Waals surface area contributed by atoms with Crippen LogP contribution in [0.25, 0.3) is 0 Å². The molecule has 4 nitrogen and oxygen atoms in total. The zero-order valence-corrected chi connectivity index (χ0v) is 18.2. The predicted octanol–water partition coefficient (Wildman–Crippen LogP) is 4.92. The third-order valence-electron chi connectivity index (χ3n) is 4.90. The Morgan fingerprint density at radius 1 is 1.25 bits per heavy atom. The largest absolute Gasteiger partial charge is 0.493 e. The van der Waals surface area contributed by atoms with Crippen molar-refractivity contribution in [1.82, 2.24) is 10.6 Å². The molecule has 0 amide bonds. The van der Waals surface area contributed by atoms with Crippen molar-refractivity contribution in [1.29, 1.82) is 0 Å². The van der Waals surface area contributed by atoms with E-state index >= 15 is 0 Å². The maximum atomic E-state index is 13.2. The molecular weight excluding hydrogens is 447 g/mol. The number of piperidine rings is 1. The highest BCUT2D eigenvalue weighted by Crippen LogP contribution is 2.37. The summed E-state index contributed by atoms with van der Waals surface area (Å²) < 4.78 is 25.4. The third-order valence-corrected chi connectivity index (χ3v) is 5.84. The van der Waals surface area contributed by atoms with Gasteiger partial charge in [0.15, 0.2) is 11.5 Å². The van der Waals surface area contributed by atoms with Gasteiger partial charge in [-0.05, 0) is 84.2 Å². The highest BCUT2D eigenvalue weighted by atomic mass is 79.9. The van der Waals surface area contributed by atoms with Gasteiger partial charge in [0.05, 0.1) is 16.6 Å². The van der Waals surface area contributed by atoms with Crippen LogP contribution in [0.3, 0.4) is 0 Å². The molecule has 2 aromatic rings. The summed E-state index contributed by atoms with van der Waals surface area (Å²) >= 11 is 9.66. The van der Waals surface area contributed by atoms with E-state index in [1.807, 2.05) is 12.1 Å². The third kappa shape index (κ3) is 5.83. The van der Waals surface area contributed by atoms with Crippen molar-refractivity contribution in [3.8, 4) is 11.5 Å². The topological polar surface area (TPSA) is 42.5 Å². The highest BCUT2D eigenvalue weighted by Gasteiger charge is 2.15. The molecule has 1 aliphatic rings. The lowest BCUT2D eigenvalue weighted by Gasteiger charge is -2.23. The molecule has 1 heterocycles. The van der Waals surface area contributed by atoms with Gasteiger partial charge in [-0.3, -0.25) is 0 Å². The minimum atomic E-state index is -0.367. The van der Waals surface area contributed by atoms with Gasteiger partial charge >= 0.3 is 0 Å². The fourth-order valence-electron chi connectivity index (χ4n) is 3.31. The van der Waals surface area contributed by atoms with Crippen LogP contribution in [-0.4, -0.2) is 26.7 Å². The Morgan fingerprint density at radius 3 is 2.75 bits per heavy atom. The number of ether oxygens (including phenoxy) is 2. The van der Waals surface area contributed by atoms with Crippen LogP contribution < -0.4 is 20.1 Å². The number of halogens is 3. The van der Waals surface area contributed by atoms with Crippen LogP contribution in [0.4, 0.5) is 4.39 Å². The molecule has 0 bridgehead atoms. The first kappa shape index (κ1) is 21.4. The van der Waals surface area contributed by atoms with E-state index in [2.05, 4.69) is 26.6 Å². The zero-order chi connectivity index (χ0) is 19.9. The molecule has 1 saturated heterocycles. The minimum absolute atomic E-state index is 0.224. The second-order valence-electron chi connectivity index (χ2n) is 6.96. The Bertz CT molecular complexity index is 800. The Balaban J connectivity index is 1.62. The monoisotopic (exact) mass is 470 g/mol. The average Bonchev–Trinajstić information content (AvgIpc) is 2.69. The number of hydrogen-bond acceptors (Lipinski definition) is 4. The van der Waals surface area contributed by atoms with Crippen LogP contribution in [0.15, 0.2) is 34.8 Å². The molecule has 28 heavy (non-hydrogen) atoms. The summed E-state index contributed by atoms with van der Waals surface area (Å²) in [6.07, 6.45) is 2.44. The van der Waals surface area contributed by atoms with Gasteiger partial charge in [0.2, 0.25) is 0 Å². The molecule has 0 aromatic heterocycles. The second kappa shape index (κ2) is 10.4. The molecule has 0 saturated carbocycles. The molecule has 2 N–H and O–H groups in total. The number of methoxy groups -OCH3 is 1. The molecule has 152 valence electrons. The van der Waals surface area contributed by atoms with Crippen LogP contribution in [0.5, 0.6) is 11.5 Å². The van der Waals surface area contributed by atoms with Gasteiger partial charge < -0.3 is 20.1 Å². The fourth-order valence-corrected chi connectivity index (χ4v) is 4.14. The molecule has 1 fully saturated rings. The second-order valence-corrected chi connectivity index (χ2v) is 8.22. The van der Waals surface area contributed by atoms with Gasteiger partial charge in [-0.25, -0.2) is 4.39 Å². The van der Waals surface area contributed by atoms with Gasteiger partial charge in [0, 0.05) is 12.1 Å². The van der Waals surface area contributed by atoms with Gasteiger partial charge in [0.25, 0.3) is 0 Å². The molecule has 0 unspecified atom stereocenters. The standard InChI is InChI=1S/C21H25BrClFN2O2/c1-27-20-9-15(12-26-11-14-4-6-25-7-5-14)8-18(22)21(20)28-13-16-2-3-17(24)10-19(16)23/h2-3,8-10,14,25-26H,4-7,11-13H2,1H3. The Hall–Kier alpha value is -1.34. The van der Waals surface area contributed by atoms with Crippen LogP contribution in [-0.2, 0) is 13.2 Å². The maximum absolute atomic E-state index is 13.2. The van der Waals surface area contributed by atoms with E-state index in [1.54, 1.807) is 13.2 Å². The smallest absolute Gasteiger partial charge is 0.175 e. The van der Waals surface area contributed by atoms with Gasteiger partial charge in [-0.2, -0.15) is 0 Å². The van der Waals surface area contributed by atoms with Crippen molar-refractivity contribution >= 4 is 27.5 Å².